The van der Waals surface area contributed by atoms with Crippen molar-refractivity contribution in [3.8, 4) is 11.1 Å². The molecule has 2 aliphatic heterocycles. The van der Waals surface area contributed by atoms with Crippen LogP contribution in [0.2, 0.25) is 0 Å². The van der Waals surface area contributed by atoms with E-state index in [9.17, 15) is 5.11 Å². The molecule has 2 heterocycles. The summed E-state index contributed by atoms with van der Waals surface area (Å²) in [4.78, 5) is 6.77. The van der Waals surface area contributed by atoms with Crippen molar-refractivity contribution in [2.24, 2.45) is 4.99 Å². The normalized spacial score (nSPS) is 20.8. The lowest BCUT2D eigenvalue weighted by atomic mass is 9.98. The quantitative estimate of drug-likeness (QED) is 0.593. The Hall–Kier alpha value is -2.56. The summed E-state index contributed by atoms with van der Waals surface area (Å²) < 4.78 is 0. The maximum atomic E-state index is 10.8. The van der Waals surface area contributed by atoms with Crippen molar-refractivity contribution in [3.05, 3.63) is 95.6 Å². The first kappa shape index (κ1) is 20.3. The molecule has 0 aliphatic carbocycles. The number of aliphatic hydroxyl groups is 1. The van der Waals surface area contributed by atoms with Gasteiger partial charge >= 0.3 is 0 Å². The van der Waals surface area contributed by atoms with Crippen LogP contribution in [0.25, 0.3) is 11.1 Å². The molecule has 0 radical (unpaired) electrons. The third-order valence-electron chi connectivity index (χ3n) is 6.11. The number of fused-ring (bicyclic) bond motifs is 1. The minimum Gasteiger partial charge on any atom is -0.372 e. The van der Waals surface area contributed by atoms with Crippen molar-refractivity contribution >= 4 is 16.9 Å². The third-order valence-corrected chi connectivity index (χ3v) is 7.40. The molecule has 2 aliphatic rings. The molecule has 0 saturated carbocycles. The van der Waals surface area contributed by atoms with Crippen LogP contribution in [-0.4, -0.2) is 39.7 Å². The largest absolute Gasteiger partial charge is 0.372 e. The monoisotopic (exact) mass is 428 g/mol. The Balaban J connectivity index is 1.28. The first-order valence-corrected chi connectivity index (χ1v) is 12.0. The summed E-state index contributed by atoms with van der Waals surface area (Å²) >= 11 is 1.74. The molecule has 2 unspecified atom stereocenters. The molecule has 1 saturated heterocycles. The Morgan fingerprint density at radius 3 is 2.45 bits per heavy atom. The molecule has 1 N–H and O–H groups in total. The molecule has 0 spiro atoms. The molecule has 158 valence electrons. The zero-order chi connectivity index (χ0) is 21.0. The summed E-state index contributed by atoms with van der Waals surface area (Å²) in [5.41, 5.74) is 6.39. The van der Waals surface area contributed by atoms with E-state index in [1.54, 1.807) is 11.8 Å². The van der Waals surface area contributed by atoms with Crippen LogP contribution in [0, 0.1) is 0 Å². The van der Waals surface area contributed by atoms with Gasteiger partial charge in [-0.3, -0.25) is 4.99 Å². The zero-order valence-corrected chi connectivity index (χ0v) is 18.5. The number of aliphatic hydroxyl groups excluding tert-OH is 1. The predicted octanol–water partition coefficient (Wildman–Crippen LogP) is 5.37. The second-order valence-electron chi connectivity index (χ2n) is 8.40. The first-order valence-electron chi connectivity index (χ1n) is 11.1. The van der Waals surface area contributed by atoms with Crippen LogP contribution in [-0.2, 0) is 12.8 Å². The van der Waals surface area contributed by atoms with Crippen LogP contribution >= 0.6 is 11.8 Å². The van der Waals surface area contributed by atoms with E-state index in [0.29, 0.717) is 0 Å². The van der Waals surface area contributed by atoms with Gasteiger partial charge in [-0.15, -0.1) is 0 Å². The van der Waals surface area contributed by atoms with Crippen LogP contribution in [0.15, 0.2) is 83.9 Å². The lowest BCUT2D eigenvalue weighted by Gasteiger charge is -2.22. The highest BCUT2D eigenvalue weighted by Gasteiger charge is 2.38. The van der Waals surface area contributed by atoms with Crippen LogP contribution in [0.3, 0.4) is 0 Å². The van der Waals surface area contributed by atoms with Gasteiger partial charge in [-0.25, -0.2) is 0 Å². The topological polar surface area (TPSA) is 35.8 Å². The maximum Gasteiger partial charge on any atom is 0.161 e. The minimum atomic E-state index is -0.442. The zero-order valence-electron chi connectivity index (χ0n) is 17.7. The lowest BCUT2D eigenvalue weighted by Crippen LogP contribution is -2.37. The van der Waals surface area contributed by atoms with Crippen LogP contribution in [0.5, 0.6) is 0 Å². The van der Waals surface area contributed by atoms with Gasteiger partial charge in [-0.1, -0.05) is 90.6 Å². The van der Waals surface area contributed by atoms with Crippen molar-refractivity contribution in [2.45, 2.75) is 37.2 Å². The van der Waals surface area contributed by atoms with E-state index in [4.69, 9.17) is 0 Å². The first-order chi connectivity index (χ1) is 15.3. The number of hydrogen-bond acceptors (Lipinski definition) is 4. The fourth-order valence-electron chi connectivity index (χ4n) is 4.41. The second-order valence-corrected chi connectivity index (χ2v) is 9.60. The number of rotatable bonds is 5. The van der Waals surface area contributed by atoms with Crippen LogP contribution in [0.1, 0.15) is 29.5 Å². The minimum absolute atomic E-state index is 0.139. The smallest absolute Gasteiger partial charge is 0.161 e. The number of amidine groups is 1. The van der Waals surface area contributed by atoms with E-state index in [-0.39, 0.29) is 5.25 Å². The molecule has 1 fully saturated rings. The number of hydrogen-bond donors (Lipinski definition) is 1. The summed E-state index contributed by atoms with van der Waals surface area (Å²) in [5.74, 6) is 0. The van der Waals surface area contributed by atoms with Crippen molar-refractivity contribution in [3.63, 3.8) is 0 Å². The van der Waals surface area contributed by atoms with Gasteiger partial charge in [0.1, 0.15) is 6.23 Å². The fraction of sp³-hybridized carbons (Fsp3) is 0.296. The molecule has 0 aromatic heterocycles. The Morgan fingerprint density at radius 1 is 0.839 bits per heavy atom. The Bertz CT molecular complexity index is 1050. The average Bonchev–Trinajstić information content (AvgIpc) is 2.96. The molecule has 0 amide bonds. The molecule has 3 aromatic rings. The van der Waals surface area contributed by atoms with Gasteiger partial charge in [0.2, 0.25) is 0 Å². The van der Waals surface area contributed by atoms with Crippen LogP contribution < -0.4 is 0 Å². The highest BCUT2D eigenvalue weighted by atomic mass is 32.2. The molecule has 2 atom stereocenters. The van der Waals surface area contributed by atoms with E-state index in [1.165, 1.54) is 27.8 Å². The van der Waals surface area contributed by atoms with E-state index in [0.717, 1.165) is 43.9 Å². The molecule has 3 nitrogen and oxygen atoms in total. The SMILES string of the molecule is OC1C(Cc2cccc(-c3ccc(Cc4ccccc4)cc3)c2)SC2=NCCCCN21. The summed E-state index contributed by atoms with van der Waals surface area (Å²) in [6.07, 6.45) is 3.58. The van der Waals surface area contributed by atoms with Gasteiger partial charge in [0.15, 0.2) is 5.17 Å². The van der Waals surface area contributed by atoms with E-state index in [2.05, 4.69) is 88.8 Å². The number of nitrogens with zero attached hydrogens (tertiary/aromatic N) is 2. The predicted molar refractivity (Wildman–Crippen MR) is 130 cm³/mol. The molecule has 0 bridgehead atoms. The molecular formula is C27H28N2OS. The maximum absolute atomic E-state index is 10.8. The van der Waals surface area contributed by atoms with Gasteiger partial charge in [0.05, 0.1) is 5.25 Å². The van der Waals surface area contributed by atoms with Crippen LogP contribution in [0.4, 0.5) is 0 Å². The standard InChI is InChI=1S/C27H28N2OS/c30-26-25(31-27-28-15-4-5-16-29(26)27)19-22-9-6-10-24(18-22)23-13-11-21(12-14-23)17-20-7-2-1-3-8-20/h1-3,6-14,18,25-26,30H,4-5,15-17,19H2. The number of benzene rings is 3. The van der Waals surface area contributed by atoms with E-state index >= 15 is 0 Å². The summed E-state index contributed by atoms with van der Waals surface area (Å²) in [6.45, 7) is 1.80. The molecule has 4 heteroatoms. The summed E-state index contributed by atoms with van der Waals surface area (Å²) in [5, 5.41) is 12.0. The number of thioether (sulfide) groups is 1. The Kier molecular flexibility index (Phi) is 6.10. The van der Waals surface area contributed by atoms with E-state index < -0.39 is 6.23 Å². The highest BCUT2D eigenvalue weighted by Crippen LogP contribution is 2.34. The third kappa shape index (κ3) is 4.70. The average molecular weight is 429 g/mol. The Morgan fingerprint density at radius 2 is 1.61 bits per heavy atom. The van der Waals surface area contributed by atoms with E-state index in [1.807, 2.05) is 0 Å². The molecule has 31 heavy (non-hydrogen) atoms. The fourth-order valence-corrected chi connectivity index (χ4v) is 5.72. The summed E-state index contributed by atoms with van der Waals surface area (Å²) in [7, 11) is 0. The van der Waals surface area contributed by atoms with Gasteiger partial charge in [0.25, 0.3) is 0 Å². The van der Waals surface area contributed by atoms with Gasteiger partial charge < -0.3 is 10.0 Å². The molecule has 5 rings (SSSR count). The van der Waals surface area contributed by atoms with Gasteiger partial charge in [0, 0.05) is 13.1 Å². The number of aliphatic imine (C=N–C) groups is 1. The van der Waals surface area contributed by atoms with Gasteiger partial charge in [-0.2, -0.15) is 0 Å². The highest BCUT2D eigenvalue weighted by molar-refractivity contribution is 8.14. The lowest BCUT2D eigenvalue weighted by molar-refractivity contribution is 0.0603. The summed E-state index contributed by atoms with van der Waals surface area (Å²) in [6, 6.07) is 28.2. The molecule has 3 aromatic carbocycles. The Labute approximate surface area is 188 Å². The molecular weight excluding hydrogens is 400 g/mol. The second kappa shape index (κ2) is 9.29. The van der Waals surface area contributed by atoms with Crippen molar-refractivity contribution in [1.82, 2.24) is 4.90 Å². The van der Waals surface area contributed by atoms with Crippen molar-refractivity contribution < 1.29 is 5.11 Å². The van der Waals surface area contributed by atoms with Gasteiger partial charge in [-0.05, 0) is 53.5 Å². The van der Waals surface area contributed by atoms with Crippen molar-refractivity contribution in [1.29, 1.82) is 0 Å². The van der Waals surface area contributed by atoms with Crippen molar-refractivity contribution in [2.75, 3.05) is 13.1 Å².